The Morgan fingerprint density at radius 3 is 2.79 bits per heavy atom. The summed E-state index contributed by atoms with van der Waals surface area (Å²) in [6.07, 6.45) is 2.74. The second-order valence-electron chi connectivity index (χ2n) is 4.67. The van der Waals surface area contributed by atoms with E-state index in [-0.39, 0.29) is 11.9 Å². The lowest BCUT2D eigenvalue weighted by Gasteiger charge is -2.19. The van der Waals surface area contributed by atoms with Gasteiger partial charge in [-0.15, -0.1) is 0 Å². The van der Waals surface area contributed by atoms with Gasteiger partial charge < -0.3 is 5.32 Å². The van der Waals surface area contributed by atoms with Crippen LogP contribution in [0.2, 0.25) is 0 Å². The Labute approximate surface area is 113 Å². The molecule has 0 fully saturated rings. The first-order valence-electron chi connectivity index (χ1n) is 6.62. The second kappa shape index (κ2) is 6.43. The fourth-order valence-electron chi connectivity index (χ4n) is 2.09. The van der Waals surface area contributed by atoms with Crippen molar-refractivity contribution in [2.45, 2.75) is 26.3 Å². The lowest BCUT2D eigenvalue weighted by atomic mass is 10.00. The van der Waals surface area contributed by atoms with Crippen molar-refractivity contribution in [3.8, 4) is 0 Å². The first kappa shape index (κ1) is 13.7. The summed E-state index contributed by atoms with van der Waals surface area (Å²) in [7, 11) is 0. The monoisotopic (exact) mass is 258 g/mol. The molecule has 1 aromatic carbocycles. The smallest absolute Gasteiger partial charge is 0.128 e. The molecule has 0 spiro atoms. The van der Waals surface area contributed by atoms with E-state index in [4.69, 9.17) is 0 Å². The molecule has 19 heavy (non-hydrogen) atoms. The number of aryl methyl sites for hydroxylation is 1. The molecule has 1 N–H and O–H groups in total. The average molecular weight is 258 g/mol. The Kier molecular flexibility index (Phi) is 4.63. The molecule has 0 amide bonds. The van der Waals surface area contributed by atoms with E-state index >= 15 is 0 Å². The molecule has 3 heteroatoms. The highest BCUT2D eigenvalue weighted by Gasteiger charge is 2.18. The van der Waals surface area contributed by atoms with Crippen LogP contribution in [0.4, 0.5) is 4.39 Å². The Morgan fingerprint density at radius 2 is 2.11 bits per heavy atom. The van der Waals surface area contributed by atoms with Crippen LogP contribution in [0.3, 0.4) is 0 Å². The third kappa shape index (κ3) is 3.38. The van der Waals surface area contributed by atoms with Crippen LogP contribution in [-0.2, 0) is 0 Å². The van der Waals surface area contributed by atoms with Gasteiger partial charge in [0.1, 0.15) is 5.82 Å². The van der Waals surface area contributed by atoms with Gasteiger partial charge >= 0.3 is 0 Å². The minimum atomic E-state index is -0.193. The number of aromatic nitrogens is 1. The van der Waals surface area contributed by atoms with Gasteiger partial charge in [0.05, 0.1) is 11.7 Å². The number of nitrogens with zero attached hydrogens (tertiary/aromatic N) is 1. The van der Waals surface area contributed by atoms with Gasteiger partial charge in [0, 0.05) is 11.8 Å². The number of rotatable bonds is 5. The minimum Gasteiger partial charge on any atom is -0.305 e. The van der Waals surface area contributed by atoms with Crippen LogP contribution in [0.15, 0.2) is 42.6 Å². The number of benzene rings is 1. The summed E-state index contributed by atoms with van der Waals surface area (Å²) in [6.45, 7) is 4.89. The Hall–Kier alpha value is -1.74. The average Bonchev–Trinajstić information content (AvgIpc) is 2.44. The van der Waals surface area contributed by atoms with E-state index in [0.717, 1.165) is 24.2 Å². The number of nitrogens with one attached hydrogen (secondary N) is 1. The van der Waals surface area contributed by atoms with Crippen LogP contribution < -0.4 is 5.32 Å². The maximum atomic E-state index is 14.1. The van der Waals surface area contributed by atoms with Crippen molar-refractivity contribution in [3.05, 3.63) is 65.2 Å². The molecule has 0 aliphatic rings. The van der Waals surface area contributed by atoms with Gasteiger partial charge in [-0.05, 0) is 38.1 Å². The van der Waals surface area contributed by atoms with Gasteiger partial charge in [-0.1, -0.05) is 30.7 Å². The Bertz CT molecular complexity index is 526. The van der Waals surface area contributed by atoms with Crippen LogP contribution in [0, 0.1) is 12.7 Å². The predicted molar refractivity (Wildman–Crippen MR) is 75.5 cm³/mol. The molecule has 100 valence electrons. The maximum Gasteiger partial charge on any atom is 0.128 e. The van der Waals surface area contributed by atoms with Crippen molar-refractivity contribution in [1.82, 2.24) is 10.3 Å². The van der Waals surface area contributed by atoms with Crippen LogP contribution in [-0.4, -0.2) is 11.5 Å². The van der Waals surface area contributed by atoms with Gasteiger partial charge in [0.2, 0.25) is 0 Å². The van der Waals surface area contributed by atoms with E-state index in [1.54, 1.807) is 12.3 Å². The lowest BCUT2D eigenvalue weighted by molar-refractivity contribution is 0.539. The third-order valence-electron chi connectivity index (χ3n) is 3.04. The van der Waals surface area contributed by atoms with Crippen LogP contribution in [0.1, 0.15) is 36.2 Å². The molecule has 2 rings (SSSR count). The molecule has 1 aromatic heterocycles. The highest BCUT2D eigenvalue weighted by molar-refractivity contribution is 5.32. The zero-order valence-corrected chi connectivity index (χ0v) is 11.4. The predicted octanol–water partition coefficient (Wildman–Crippen LogP) is 3.62. The maximum absolute atomic E-state index is 14.1. The molecule has 0 aliphatic carbocycles. The summed E-state index contributed by atoms with van der Waals surface area (Å²) >= 11 is 0. The summed E-state index contributed by atoms with van der Waals surface area (Å²) in [5, 5.41) is 3.37. The standard InChI is InChI=1S/C16H19FN2/c1-3-9-19-16(15-6-4-5-10-18-15)13-11-12(2)7-8-14(13)17/h4-8,10-11,16,19H,3,9H2,1-2H3. The molecule has 1 unspecified atom stereocenters. The van der Waals surface area contributed by atoms with Crippen LogP contribution >= 0.6 is 0 Å². The normalized spacial score (nSPS) is 12.4. The zero-order chi connectivity index (χ0) is 13.7. The van der Waals surface area contributed by atoms with Crippen molar-refractivity contribution in [2.24, 2.45) is 0 Å². The van der Waals surface area contributed by atoms with Crippen LogP contribution in [0.25, 0.3) is 0 Å². The molecule has 0 aliphatic heterocycles. The van der Waals surface area contributed by atoms with Gasteiger partial charge in [0.15, 0.2) is 0 Å². The molecule has 0 saturated carbocycles. The summed E-state index contributed by atoms with van der Waals surface area (Å²) in [5.74, 6) is -0.190. The van der Waals surface area contributed by atoms with E-state index in [9.17, 15) is 4.39 Å². The van der Waals surface area contributed by atoms with E-state index in [1.165, 1.54) is 6.07 Å². The number of hydrogen-bond donors (Lipinski definition) is 1. The third-order valence-corrected chi connectivity index (χ3v) is 3.04. The topological polar surface area (TPSA) is 24.9 Å². The highest BCUT2D eigenvalue weighted by Crippen LogP contribution is 2.24. The summed E-state index contributed by atoms with van der Waals surface area (Å²) in [5.41, 5.74) is 2.56. The fraction of sp³-hybridized carbons (Fsp3) is 0.312. The molecule has 2 nitrogen and oxygen atoms in total. The molecule has 0 radical (unpaired) electrons. The SMILES string of the molecule is CCCNC(c1ccccn1)c1cc(C)ccc1F. The van der Waals surface area contributed by atoms with Gasteiger partial charge in [-0.25, -0.2) is 4.39 Å². The first-order chi connectivity index (χ1) is 9.22. The Morgan fingerprint density at radius 1 is 1.26 bits per heavy atom. The van der Waals surface area contributed by atoms with Crippen molar-refractivity contribution in [2.75, 3.05) is 6.54 Å². The fourth-order valence-corrected chi connectivity index (χ4v) is 2.09. The van der Waals surface area contributed by atoms with Crippen molar-refractivity contribution < 1.29 is 4.39 Å². The van der Waals surface area contributed by atoms with E-state index in [0.29, 0.717) is 5.56 Å². The molecule has 0 bridgehead atoms. The van der Waals surface area contributed by atoms with Crippen molar-refractivity contribution in [3.63, 3.8) is 0 Å². The molecule has 1 heterocycles. The molecule has 2 aromatic rings. The van der Waals surface area contributed by atoms with Gasteiger partial charge in [0.25, 0.3) is 0 Å². The minimum absolute atomic E-state index is 0.190. The van der Waals surface area contributed by atoms with Crippen molar-refractivity contribution >= 4 is 0 Å². The first-order valence-corrected chi connectivity index (χ1v) is 6.62. The van der Waals surface area contributed by atoms with Gasteiger partial charge in [-0.3, -0.25) is 4.98 Å². The van der Waals surface area contributed by atoms with Crippen molar-refractivity contribution in [1.29, 1.82) is 0 Å². The Balaban J connectivity index is 2.40. The molecular formula is C16H19FN2. The van der Waals surface area contributed by atoms with Gasteiger partial charge in [-0.2, -0.15) is 0 Å². The molecule has 1 atom stereocenters. The number of pyridine rings is 1. The molecule has 0 saturated heterocycles. The number of halogens is 1. The molecular weight excluding hydrogens is 239 g/mol. The number of hydrogen-bond acceptors (Lipinski definition) is 2. The summed E-state index contributed by atoms with van der Waals surface area (Å²) in [6, 6.07) is 10.7. The van der Waals surface area contributed by atoms with E-state index in [2.05, 4.69) is 17.2 Å². The largest absolute Gasteiger partial charge is 0.305 e. The lowest BCUT2D eigenvalue weighted by Crippen LogP contribution is -2.25. The second-order valence-corrected chi connectivity index (χ2v) is 4.67. The highest BCUT2D eigenvalue weighted by atomic mass is 19.1. The zero-order valence-electron chi connectivity index (χ0n) is 11.4. The van der Waals surface area contributed by atoms with E-state index < -0.39 is 0 Å². The van der Waals surface area contributed by atoms with Crippen LogP contribution in [0.5, 0.6) is 0 Å². The summed E-state index contributed by atoms with van der Waals surface area (Å²) in [4.78, 5) is 4.35. The quantitative estimate of drug-likeness (QED) is 0.886. The van der Waals surface area contributed by atoms with E-state index in [1.807, 2.05) is 31.2 Å². The summed E-state index contributed by atoms with van der Waals surface area (Å²) < 4.78 is 14.1.